The van der Waals surface area contributed by atoms with Crippen LogP contribution in [0.5, 0.6) is 0 Å². The molecular weight excluding hydrogens is 284 g/mol. The summed E-state index contributed by atoms with van der Waals surface area (Å²) in [5.74, 6) is 0. The summed E-state index contributed by atoms with van der Waals surface area (Å²) in [6.45, 7) is 3.88. The number of rotatable bonds is 4. The molecule has 4 nitrogen and oxygen atoms in total. The number of anilines is 1. The second kappa shape index (κ2) is 5.59. The summed E-state index contributed by atoms with van der Waals surface area (Å²) in [5.41, 5.74) is 1.85. The van der Waals surface area contributed by atoms with Gasteiger partial charge in [-0.15, -0.1) is 11.3 Å². The Kier molecular flexibility index (Phi) is 4.07. The maximum atomic E-state index is 10.7. The van der Waals surface area contributed by atoms with Crippen LogP contribution in [0.25, 0.3) is 0 Å². The maximum Gasteiger partial charge on any atom is 0.269 e. The maximum absolute atomic E-state index is 10.7. The molecule has 1 heterocycles. The summed E-state index contributed by atoms with van der Waals surface area (Å²) in [5, 5.41) is 14.0. The average Bonchev–Trinajstić information content (AvgIpc) is 2.78. The minimum Gasteiger partial charge on any atom is -0.377 e. The molecule has 0 amide bonds. The molecule has 1 atom stereocenters. The molecule has 0 saturated heterocycles. The Bertz CT molecular complexity index is 612. The molecular formula is C13H13ClN2O2S. The van der Waals surface area contributed by atoms with Crippen LogP contribution in [0.15, 0.2) is 30.3 Å². The molecule has 1 N–H and O–H groups in total. The van der Waals surface area contributed by atoms with E-state index in [1.54, 1.807) is 12.1 Å². The van der Waals surface area contributed by atoms with Crippen LogP contribution >= 0.6 is 22.9 Å². The highest BCUT2D eigenvalue weighted by atomic mass is 35.5. The van der Waals surface area contributed by atoms with Gasteiger partial charge in [0.15, 0.2) is 0 Å². The monoisotopic (exact) mass is 296 g/mol. The lowest BCUT2D eigenvalue weighted by molar-refractivity contribution is -0.384. The number of thiophene rings is 1. The first-order chi connectivity index (χ1) is 8.97. The zero-order chi connectivity index (χ0) is 14.0. The van der Waals surface area contributed by atoms with E-state index in [0.29, 0.717) is 0 Å². The zero-order valence-corrected chi connectivity index (χ0v) is 12.1. The smallest absolute Gasteiger partial charge is 0.269 e. The quantitative estimate of drug-likeness (QED) is 0.652. The molecule has 2 rings (SSSR count). The lowest BCUT2D eigenvalue weighted by Gasteiger charge is -2.15. The van der Waals surface area contributed by atoms with Crippen molar-refractivity contribution in [1.29, 1.82) is 0 Å². The third-order valence-corrected chi connectivity index (χ3v) is 4.23. The summed E-state index contributed by atoms with van der Waals surface area (Å²) < 4.78 is 0.754. The molecule has 0 aliphatic rings. The molecule has 0 spiro atoms. The number of nitro benzene ring substituents is 1. The SMILES string of the molecule is Cc1cc([N+](=O)[O-])ccc1NC(C)c1ccc(Cl)s1. The number of nitrogens with one attached hydrogen (secondary N) is 1. The van der Waals surface area contributed by atoms with E-state index in [0.717, 1.165) is 20.5 Å². The van der Waals surface area contributed by atoms with Crippen LogP contribution in [0.1, 0.15) is 23.4 Å². The zero-order valence-electron chi connectivity index (χ0n) is 10.5. The Morgan fingerprint density at radius 3 is 2.63 bits per heavy atom. The minimum absolute atomic E-state index is 0.106. The number of nitro groups is 1. The molecule has 1 unspecified atom stereocenters. The van der Waals surface area contributed by atoms with Gasteiger partial charge in [0.2, 0.25) is 0 Å². The van der Waals surface area contributed by atoms with Crippen molar-refractivity contribution < 1.29 is 4.92 Å². The van der Waals surface area contributed by atoms with Gasteiger partial charge in [-0.2, -0.15) is 0 Å². The predicted octanol–water partition coefficient (Wildman–Crippen LogP) is 4.79. The average molecular weight is 297 g/mol. The number of non-ortho nitro benzene ring substituents is 1. The van der Waals surface area contributed by atoms with Crippen molar-refractivity contribution in [2.75, 3.05) is 5.32 Å². The summed E-state index contributed by atoms with van der Waals surface area (Å²) in [4.78, 5) is 11.4. The third-order valence-electron chi connectivity index (χ3n) is 2.81. The minimum atomic E-state index is -0.390. The first-order valence-corrected chi connectivity index (χ1v) is 6.93. The molecule has 1 aromatic heterocycles. The van der Waals surface area contributed by atoms with Gasteiger partial charge in [-0.3, -0.25) is 10.1 Å². The number of halogens is 1. The highest BCUT2D eigenvalue weighted by Crippen LogP contribution is 2.30. The Balaban J connectivity index is 2.17. The highest BCUT2D eigenvalue weighted by Gasteiger charge is 2.12. The van der Waals surface area contributed by atoms with Crippen LogP contribution in [0.4, 0.5) is 11.4 Å². The summed E-state index contributed by atoms with van der Waals surface area (Å²) in [6, 6.07) is 8.75. The van der Waals surface area contributed by atoms with Gasteiger partial charge in [0.1, 0.15) is 0 Å². The summed E-state index contributed by atoms with van der Waals surface area (Å²) in [6.07, 6.45) is 0. The highest BCUT2D eigenvalue weighted by molar-refractivity contribution is 7.16. The van der Waals surface area contributed by atoms with E-state index in [4.69, 9.17) is 11.6 Å². The summed E-state index contributed by atoms with van der Waals surface area (Å²) >= 11 is 7.43. The molecule has 6 heteroatoms. The Hall–Kier alpha value is -1.59. The number of benzene rings is 1. The van der Waals surface area contributed by atoms with E-state index in [1.807, 2.05) is 26.0 Å². The van der Waals surface area contributed by atoms with Crippen LogP contribution in [-0.2, 0) is 0 Å². The molecule has 100 valence electrons. The van der Waals surface area contributed by atoms with Crippen LogP contribution < -0.4 is 5.32 Å². The molecule has 1 aromatic carbocycles. The van der Waals surface area contributed by atoms with E-state index in [-0.39, 0.29) is 16.7 Å². The standard InChI is InChI=1S/C13H13ClN2O2S/c1-8-7-10(16(17)18)3-4-11(8)15-9(2)12-5-6-13(14)19-12/h3-7,9,15H,1-2H3. The van der Waals surface area contributed by atoms with E-state index in [1.165, 1.54) is 17.4 Å². The largest absolute Gasteiger partial charge is 0.377 e. The van der Waals surface area contributed by atoms with Crippen molar-refractivity contribution in [2.24, 2.45) is 0 Å². The van der Waals surface area contributed by atoms with E-state index in [2.05, 4.69) is 5.32 Å². The number of nitrogens with zero attached hydrogens (tertiary/aromatic N) is 1. The normalized spacial score (nSPS) is 12.2. The fraction of sp³-hybridized carbons (Fsp3) is 0.231. The predicted molar refractivity (Wildman–Crippen MR) is 79.2 cm³/mol. The topological polar surface area (TPSA) is 55.2 Å². The van der Waals surface area contributed by atoms with Crippen molar-refractivity contribution in [3.8, 4) is 0 Å². The molecule has 0 aliphatic heterocycles. The van der Waals surface area contributed by atoms with Gasteiger partial charge in [0, 0.05) is 22.7 Å². The van der Waals surface area contributed by atoms with E-state index >= 15 is 0 Å². The number of hydrogen-bond acceptors (Lipinski definition) is 4. The number of hydrogen-bond donors (Lipinski definition) is 1. The van der Waals surface area contributed by atoms with Crippen LogP contribution in [0, 0.1) is 17.0 Å². The Morgan fingerprint density at radius 2 is 2.11 bits per heavy atom. The van der Waals surface area contributed by atoms with E-state index < -0.39 is 0 Å². The van der Waals surface area contributed by atoms with Crippen molar-refractivity contribution in [3.63, 3.8) is 0 Å². The fourth-order valence-corrected chi connectivity index (χ4v) is 2.85. The molecule has 2 aromatic rings. The van der Waals surface area contributed by atoms with Crippen LogP contribution in [-0.4, -0.2) is 4.92 Å². The first-order valence-electron chi connectivity index (χ1n) is 5.74. The number of aryl methyl sites for hydroxylation is 1. The van der Waals surface area contributed by atoms with Gasteiger partial charge in [0.25, 0.3) is 5.69 Å². The Morgan fingerprint density at radius 1 is 1.37 bits per heavy atom. The fourth-order valence-electron chi connectivity index (χ4n) is 1.79. The van der Waals surface area contributed by atoms with Crippen LogP contribution in [0.2, 0.25) is 4.34 Å². The van der Waals surface area contributed by atoms with Crippen molar-refractivity contribution in [1.82, 2.24) is 0 Å². The van der Waals surface area contributed by atoms with Gasteiger partial charge in [-0.25, -0.2) is 0 Å². The molecule has 0 aliphatic carbocycles. The van der Waals surface area contributed by atoms with Crippen molar-refractivity contribution in [2.45, 2.75) is 19.9 Å². The lowest BCUT2D eigenvalue weighted by Crippen LogP contribution is -2.06. The second-order valence-corrected chi connectivity index (χ2v) is 6.01. The molecule has 0 fully saturated rings. The van der Waals surface area contributed by atoms with Gasteiger partial charge in [-0.05, 0) is 37.6 Å². The van der Waals surface area contributed by atoms with E-state index in [9.17, 15) is 10.1 Å². The van der Waals surface area contributed by atoms with Gasteiger partial charge in [-0.1, -0.05) is 11.6 Å². The van der Waals surface area contributed by atoms with Crippen molar-refractivity contribution >= 4 is 34.3 Å². The molecule has 0 radical (unpaired) electrons. The Labute approximate surface area is 120 Å². The molecule has 0 bridgehead atoms. The second-order valence-electron chi connectivity index (χ2n) is 4.26. The van der Waals surface area contributed by atoms with Gasteiger partial charge < -0.3 is 5.32 Å². The lowest BCUT2D eigenvalue weighted by atomic mass is 10.1. The van der Waals surface area contributed by atoms with Gasteiger partial charge >= 0.3 is 0 Å². The van der Waals surface area contributed by atoms with Gasteiger partial charge in [0.05, 0.1) is 15.3 Å². The van der Waals surface area contributed by atoms with Crippen molar-refractivity contribution in [3.05, 3.63) is 55.2 Å². The summed E-state index contributed by atoms with van der Waals surface area (Å²) in [7, 11) is 0. The van der Waals surface area contributed by atoms with Crippen LogP contribution in [0.3, 0.4) is 0 Å². The molecule has 0 saturated carbocycles. The first kappa shape index (κ1) is 13.8. The third kappa shape index (κ3) is 3.24. The molecule has 19 heavy (non-hydrogen) atoms.